The van der Waals surface area contributed by atoms with E-state index in [1.54, 1.807) is 0 Å². The van der Waals surface area contributed by atoms with E-state index in [0.29, 0.717) is 5.88 Å². The van der Waals surface area contributed by atoms with Gasteiger partial charge in [0, 0.05) is 12.1 Å². The fourth-order valence-corrected chi connectivity index (χ4v) is 1.71. The van der Waals surface area contributed by atoms with Gasteiger partial charge in [0.15, 0.2) is 0 Å². The average Bonchev–Trinajstić information content (AvgIpc) is 2.56. The molecule has 0 amide bonds. The average molecular weight is 193 g/mol. The number of aromatic nitrogens is 2. The van der Waals surface area contributed by atoms with Gasteiger partial charge >= 0.3 is 0 Å². The molecule has 1 fully saturated rings. The van der Waals surface area contributed by atoms with E-state index in [1.165, 1.54) is 0 Å². The molecular formula is C10H15N3O. The lowest BCUT2D eigenvalue weighted by atomic mass is 10.2. The molecule has 0 bridgehead atoms. The molecule has 0 spiro atoms. The number of aryl methyl sites for hydroxylation is 1. The standard InChI is InChI=1S/C10H15N3O/c1-7-5-6-10(13-12-7)14-9-4-2-3-8(9)11/h5-6,8-9H,2-4,11H2,1H3/t8-,9-/m1/s1. The summed E-state index contributed by atoms with van der Waals surface area (Å²) in [4.78, 5) is 0. The second kappa shape index (κ2) is 3.92. The quantitative estimate of drug-likeness (QED) is 0.762. The van der Waals surface area contributed by atoms with Crippen molar-refractivity contribution >= 4 is 0 Å². The second-order valence-electron chi connectivity index (χ2n) is 3.76. The maximum absolute atomic E-state index is 5.88. The molecule has 0 saturated heterocycles. The SMILES string of the molecule is Cc1ccc(O[C@@H]2CCC[C@H]2N)nn1. The number of rotatable bonds is 2. The molecule has 1 saturated carbocycles. The van der Waals surface area contributed by atoms with Crippen LogP contribution in [0.5, 0.6) is 5.88 Å². The summed E-state index contributed by atoms with van der Waals surface area (Å²) in [5, 5.41) is 7.88. The number of hydrogen-bond acceptors (Lipinski definition) is 4. The van der Waals surface area contributed by atoms with E-state index < -0.39 is 0 Å². The van der Waals surface area contributed by atoms with Crippen molar-refractivity contribution in [3.05, 3.63) is 17.8 Å². The number of ether oxygens (including phenoxy) is 1. The minimum atomic E-state index is 0.118. The van der Waals surface area contributed by atoms with Gasteiger partial charge in [-0.25, -0.2) is 0 Å². The minimum Gasteiger partial charge on any atom is -0.472 e. The highest BCUT2D eigenvalue weighted by Crippen LogP contribution is 2.21. The Morgan fingerprint density at radius 1 is 1.36 bits per heavy atom. The zero-order valence-electron chi connectivity index (χ0n) is 8.31. The van der Waals surface area contributed by atoms with Gasteiger partial charge in [-0.2, -0.15) is 5.10 Å². The zero-order chi connectivity index (χ0) is 9.97. The molecule has 0 radical (unpaired) electrons. The molecule has 1 heterocycles. The van der Waals surface area contributed by atoms with Crippen molar-refractivity contribution in [1.82, 2.24) is 10.2 Å². The molecular weight excluding hydrogens is 178 g/mol. The van der Waals surface area contributed by atoms with Crippen molar-refractivity contribution in [2.24, 2.45) is 5.73 Å². The van der Waals surface area contributed by atoms with E-state index >= 15 is 0 Å². The third kappa shape index (κ3) is 2.01. The molecule has 4 nitrogen and oxygen atoms in total. The van der Waals surface area contributed by atoms with Crippen LogP contribution in [-0.4, -0.2) is 22.3 Å². The Hall–Kier alpha value is -1.16. The molecule has 0 aromatic carbocycles. The Kier molecular flexibility index (Phi) is 2.63. The van der Waals surface area contributed by atoms with Crippen LogP contribution < -0.4 is 10.5 Å². The first kappa shape index (κ1) is 9.40. The topological polar surface area (TPSA) is 61.0 Å². The molecule has 14 heavy (non-hydrogen) atoms. The maximum Gasteiger partial charge on any atom is 0.233 e. The Morgan fingerprint density at radius 2 is 2.21 bits per heavy atom. The summed E-state index contributed by atoms with van der Waals surface area (Å²) in [5.41, 5.74) is 6.78. The van der Waals surface area contributed by atoms with Gasteiger partial charge in [0.05, 0.1) is 5.69 Å². The lowest BCUT2D eigenvalue weighted by molar-refractivity contribution is 0.181. The highest BCUT2D eigenvalue weighted by atomic mass is 16.5. The van der Waals surface area contributed by atoms with Gasteiger partial charge in [0.25, 0.3) is 0 Å². The van der Waals surface area contributed by atoms with Gasteiger partial charge < -0.3 is 10.5 Å². The summed E-state index contributed by atoms with van der Waals surface area (Å²) in [6, 6.07) is 3.88. The van der Waals surface area contributed by atoms with E-state index in [9.17, 15) is 0 Å². The Labute approximate surface area is 83.5 Å². The fourth-order valence-electron chi connectivity index (χ4n) is 1.71. The Balaban J connectivity index is 2.00. The van der Waals surface area contributed by atoms with Gasteiger partial charge in [-0.1, -0.05) is 0 Å². The largest absolute Gasteiger partial charge is 0.472 e. The van der Waals surface area contributed by atoms with E-state index in [0.717, 1.165) is 25.0 Å². The molecule has 1 aliphatic rings. The van der Waals surface area contributed by atoms with Gasteiger partial charge in [-0.3, -0.25) is 0 Å². The first-order valence-electron chi connectivity index (χ1n) is 4.98. The fraction of sp³-hybridized carbons (Fsp3) is 0.600. The third-order valence-corrected chi connectivity index (χ3v) is 2.55. The van der Waals surface area contributed by atoms with Gasteiger partial charge in [-0.05, 0) is 32.3 Å². The summed E-state index contributed by atoms with van der Waals surface area (Å²) < 4.78 is 5.64. The van der Waals surface area contributed by atoms with E-state index in [2.05, 4.69) is 10.2 Å². The van der Waals surface area contributed by atoms with Crippen molar-refractivity contribution in [3.8, 4) is 5.88 Å². The van der Waals surface area contributed by atoms with Crippen molar-refractivity contribution in [2.75, 3.05) is 0 Å². The molecule has 1 aliphatic carbocycles. The Bertz CT molecular complexity index is 299. The van der Waals surface area contributed by atoms with E-state index in [1.807, 2.05) is 19.1 Å². The molecule has 1 aromatic rings. The van der Waals surface area contributed by atoms with E-state index in [-0.39, 0.29) is 12.1 Å². The first-order valence-corrected chi connectivity index (χ1v) is 4.98. The van der Waals surface area contributed by atoms with Crippen molar-refractivity contribution in [3.63, 3.8) is 0 Å². The summed E-state index contributed by atoms with van der Waals surface area (Å²) in [6.07, 6.45) is 3.33. The summed E-state index contributed by atoms with van der Waals surface area (Å²) in [6.45, 7) is 1.90. The van der Waals surface area contributed by atoms with Crippen molar-refractivity contribution in [2.45, 2.75) is 38.3 Å². The smallest absolute Gasteiger partial charge is 0.233 e. The van der Waals surface area contributed by atoms with Crippen LogP contribution >= 0.6 is 0 Å². The van der Waals surface area contributed by atoms with Gasteiger partial charge in [0.2, 0.25) is 5.88 Å². The molecule has 0 unspecified atom stereocenters. The summed E-state index contributed by atoms with van der Waals surface area (Å²) >= 11 is 0. The summed E-state index contributed by atoms with van der Waals surface area (Å²) in [7, 11) is 0. The zero-order valence-corrected chi connectivity index (χ0v) is 8.31. The van der Waals surface area contributed by atoms with Crippen LogP contribution in [0, 0.1) is 6.92 Å². The van der Waals surface area contributed by atoms with Crippen LogP contribution in [0.25, 0.3) is 0 Å². The predicted octanol–water partition coefficient (Wildman–Crippen LogP) is 1.04. The maximum atomic E-state index is 5.88. The van der Waals surface area contributed by atoms with Gasteiger partial charge in [-0.15, -0.1) is 5.10 Å². The predicted molar refractivity (Wildman–Crippen MR) is 53.0 cm³/mol. The van der Waals surface area contributed by atoms with Crippen molar-refractivity contribution in [1.29, 1.82) is 0 Å². The Morgan fingerprint density at radius 3 is 2.79 bits per heavy atom. The molecule has 2 rings (SSSR count). The highest BCUT2D eigenvalue weighted by molar-refractivity contribution is 5.11. The lowest BCUT2D eigenvalue weighted by Crippen LogP contribution is -2.33. The molecule has 0 aliphatic heterocycles. The van der Waals surface area contributed by atoms with Crippen LogP contribution in [0.4, 0.5) is 0 Å². The number of nitrogens with zero attached hydrogens (tertiary/aromatic N) is 2. The third-order valence-electron chi connectivity index (χ3n) is 2.55. The van der Waals surface area contributed by atoms with Crippen LogP contribution in [0.3, 0.4) is 0 Å². The van der Waals surface area contributed by atoms with Crippen LogP contribution in [0.2, 0.25) is 0 Å². The van der Waals surface area contributed by atoms with Gasteiger partial charge in [0.1, 0.15) is 6.10 Å². The van der Waals surface area contributed by atoms with Crippen LogP contribution in [0.1, 0.15) is 25.0 Å². The van der Waals surface area contributed by atoms with Crippen LogP contribution in [0.15, 0.2) is 12.1 Å². The molecule has 4 heteroatoms. The number of hydrogen-bond donors (Lipinski definition) is 1. The highest BCUT2D eigenvalue weighted by Gasteiger charge is 2.25. The second-order valence-corrected chi connectivity index (χ2v) is 3.76. The molecule has 1 aromatic heterocycles. The van der Waals surface area contributed by atoms with E-state index in [4.69, 9.17) is 10.5 Å². The normalized spacial score (nSPS) is 26.4. The molecule has 2 atom stereocenters. The lowest BCUT2D eigenvalue weighted by Gasteiger charge is -2.16. The summed E-state index contributed by atoms with van der Waals surface area (Å²) in [5.74, 6) is 0.581. The first-order chi connectivity index (χ1) is 6.75. The molecule has 76 valence electrons. The van der Waals surface area contributed by atoms with Crippen molar-refractivity contribution < 1.29 is 4.74 Å². The monoisotopic (exact) mass is 193 g/mol. The molecule has 2 N–H and O–H groups in total. The number of nitrogens with two attached hydrogens (primary N) is 1. The minimum absolute atomic E-state index is 0.118. The van der Waals surface area contributed by atoms with Crippen LogP contribution in [-0.2, 0) is 0 Å².